The highest BCUT2D eigenvalue weighted by Gasteiger charge is 2.23. The van der Waals surface area contributed by atoms with Crippen LogP contribution in [0, 0.1) is 5.92 Å². The summed E-state index contributed by atoms with van der Waals surface area (Å²) in [6.07, 6.45) is 5.72. The molecule has 1 atom stereocenters. The minimum Gasteiger partial charge on any atom is -0.338 e. The summed E-state index contributed by atoms with van der Waals surface area (Å²) in [6, 6.07) is 0.220. The molecule has 2 rings (SSSR count). The maximum absolute atomic E-state index is 12.3. The first-order chi connectivity index (χ1) is 9.16. The van der Waals surface area contributed by atoms with Crippen LogP contribution in [0.25, 0.3) is 0 Å². The molecule has 1 amide bonds. The van der Waals surface area contributed by atoms with Crippen molar-refractivity contribution < 1.29 is 4.79 Å². The zero-order valence-electron chi connectivity index (χ0n) is 11.7. The van der Waals surface area contributed by atoms with Gasteiger partial charge in [0.05, 0.1) is 6.20 Å². The predicted molar refractivity (Wildman–Crippen MR) is 72.5 cm³/mol. The number of aromatic nitrogens is 3. The summed E-state index contributed by atoms with van der Waals surface area (Å²) < 4.78 is 1.58. The van der Waals surface area contributed by atoms with Crippen LogP contribution in [0.2, 0.25) is 0 Å². The van der Waals surface area contributed by atoms with E-state index in [1.165, 1.54) is 12.8 Å². The Balaban J connectivity index is 1.92. The number of nitrogens with zero attached hydrogens (tertiary/aromatic N) is 4. The minimum absolute atomic E-state index is 0.117. The number of hydrogen-bond acceptors (Lipinski definition) is 4. The normalized spacial score (nSPS) is 19.6. The molecule has 2 heterocycles. The molecule has 1 unspecified atom stereocenters. The molecule has 19 heavy (non-hydrogen) atoms. The summed E-state index contributed by atoms with van der Waals surface area (Å²) in [5.74, 6) is 0.682. The number of carbonyl (C=O) groups is 1. The van der Waals surface area contributed by atoms with Crippen molar-refractivity contribution in [3.63, 3.8) is 0 Å². The zero-order chi connectivity index (χ0) is 13.7. The number of amides is 1. The van der Waals surface area contributed by atoms with E-state index in [1.807, 2.05) is 4.90 Å². The van der Waals surface area contributed by atoms with E-state index in [1.54, 1.807) is 17.1 Å². The van der Waals surface area contributed by atoms with E-state index in [4.69, 9.17) is 0 Å². The Morgan fingerprint density at radius 3 is 3.00 bits per heavy atom. The molecule has 1 N–H and O–H groups in total. The molecule has 6 nitrogen and oxygen atoms in total. The molecule has 1 aromatic heterocycles. The molecule has 6 heteroatoms. The van der Waals surface area contributed by atoms with Crippen molar-refractivity contribution in [3.8, 4) is 0 Å². The summed E-state index contributed by atoms with van der Waals surface area (Å²) >= 11 is 0. The van der Waals surface area contributed by atoms with Crippen molar-refractivity contribution in [2.75, 3.05) is 19.6 Å². The molecule has 106 valence electrons. The minimum atomic E-state index is 0.117. The van der Waals surface area contributed by atoms with Crippen LogP contribution >= 0.6 is 0 Å². The Kier molecular flexibility index (Phi) is 4.90. The Morgan fingerprint density at radius 2 is 2.42 bits per heavy atom. The molecule has 1 fully saturated rings. The molecular weight excluding hydrogens is 242 g/mol. The van der Waals surface area contributed by atoms with Crippen LogP contribution in [0.3, 0.4) is 0 Å². The first-order valence-electron chi connectivity index (χ1n) is 7.01. The van der Waals surface area contributed by atoms with E-state index >= 15 is 0 Å². The number of piperidine rings is 1. The van der Waals surface area contributed by atoms with Gasteiger partial charge in [-0.3, -0.25) is 4.79 Å². The predicted octanol–water partition coefficient (Wildman–Crippen LogP) is 0.515. The second kappa shape index (κ2) is 6.65. The van der Waals surface area contributed by atoms with Crippen LogP contribution in [0.4, 0.5) is 0 Å². The number of rotatable bonds is 5. The SMILES string of the molecule is CC(C)N(CC1CCCNC1)C(=O)Cn1ccnn1. The number of carbonyl (C=O) groups excluding carboxylic acids is 1. The molecular formula is C13H23N5O. The molecule has 0 radical (unpaired) electrons. The Hall–Kier alpha value is -1.43. The molecule has 0 spiro atoms. The first kappa shape index (κ1) is 14.0. The molecule has 1 saturated heterocycles. The van der Waals surface area contributed by atoms with Crippen molar-refractivity contribution in [1.82, 2.24) is 25.2 Å². The van der Waals surface area contributed by atoms with Crippen LogP contribution in [0.1, 0.15) is 26.7 Å². The highest BCUT2D eigenvalue weighted by molar-refractivity contribution is 5.76. The summed E-state index contributed by atoms with van der Waals surface area (Å²) in [7, 11) is 0. The third kappa shape index (κ3) is 4.02. The highest BCUT2D eigenvalue weighted by Crippen LogP contribution is 2.14. The summed E-state index contributed by atoms with van der Waals surface area (Å²) in [5.41, 5.74) is 0. The fourth-order valence-electron chi connectivity index (χ4n) is 2.51. The van der Waals surface area contributed by atoms with E-state index in [-0.39, 0.29) is 18.5 Å². The van der Waals surface area contributed by atoms with Crippen LogP contribution in [-0.4, -0.2) is 51.5 Å². The maximum Gasteiger partial charge on any atom is 0.244 e. The topological polar surface area (TPSA) is 63.1 Å². The summed E-state index contributed by atoms with van der Waals surface area (Å²) in [4.78, 5) is 14.3. The van der Waals surface area contributed by atoms with Crippen molar-refractivity contribution in [1.29, 1.82) is 0 Å². The van der Waals surface area contributed by atoms with Gasteiger partial charge >= 0.3 is 0 Å². The standard InChI is InChI=1S/C13H23N5O/c1-11(2)18(9-12-4-3-5-14-8-12)13(19)10-17-7-6-15-16-17/h6-7,11-12,14H,3-5,8-10H2,1-2H3. The lowest BCUT2D eigenvalue weighted by atomic mass is 9.98. The second-order valence-electron chi connectivity index (χ2n) is 5.45. The van der Waals surface area contributed by atoms with Gasteiger partial charge in [0, 0.05) is 18.8 Å². The molecule has 1 aliphatic rings. The van der Waals surface area contributed by atoms with Crippen LogP contribution in [0.15, 0.2) is 12.4 Å². The van der Waals surface area contributed by atoms with Crippen LogP contribution < -0.4 is 5.32 Å². The largest absolute Gasteiger partial charge is 0.338 e. The smallest absolute Gasteiger partial charge is 0.244 e. The van der Waals surface area contributed by atoms with E-state index in [0.717, 1.165) is 19.6 Å². The van der Waals surface area contributed by atoms with Gasteiger partial charge in [0.15, 0.2) is 0 Å². The first-order valence-corrected chi connectivity index (χ1v) is 7.01. The lowest BCUT2D eigenvalue weighted by molar-refractivity contribution is -0.134. The number of hydrogen-bond donors (Lipinski definition) is 1. The van der Waals surface area contributed by atoms with Gasteiger partial charge in [-0.1, -0.05) is 5.21 Å². The van der Waals surface area contributed by atoms with Crippen LogP contribution in [0.5, 0.6) is 0 Å². The van der Waals surface area contributed by atoms with Gasteiger partial charge in [-0.15, -0.1) is 5.10 Å². The zero-order valence-corrected chi connectivity index (χ0v) is 11.7. The molecule has 0 saturated carbocycles. The van der Waals surface area contributed by atoms with E-state index in [9.17, 15) is 4.79 Å². The Labute approximate surface area is 114 Å². The lowest BCUT2D eigenvalue weighted by Crippen LogP contribution is -2.45. The molecule has 0 aliphatic carbocycles. The van der Waals surface area contributed by atoms with Gasteiger partial charge in [-0.05, 0) is 45.7 Å². The summed E-state index contributed by atoms with van der Waals surface area (Å²) in [6.45, 7) is 7.35. The second-order valence-corrected chi connectivity index (χ2v) is 5.45. The highest BCUT2D eigenvalue weighted by atomic mass is 16.2. The van der Waals surface area contributed by atoms with Crippen molar-refractivity contribution in [2.45, 2.75) is 39.3 Å². The Morgan fingerprint density at radius 1 is 1.58 bits per heavy atom. The molecule has 0 aromatic carbocycles. The van der Waals surface area contributed by atoms with E-state index < -0.39 is 0 Å². The average molecular weight is 265 g/mol. The monoisotopic (exact) mass is 265 g/mol. The number of nitrogens with one attached hydrogen (secondary N) is 1. The van der Waals surface area contributed by atoms with E-state index in [0.29, 0.717) is 5.92 Å². The van der Waals surface area contributed by atoms with Gasteiger partial charge in [-0.25, -0.2) is 4.68 Å². The van der Waals surface area contributed by atoms with E-state index in [2.05, 4.69) is 29.5 Å². The van der Waals surface area contributed by atoms with Gasteiger partial charge in [-0.2, -0.15) is 0 Å². The molecule has 1 aliphatic heterocycles. The summed E-state index contributed by atoms with van der Waals surface area (Å²) in [5, 5.41) is 11.0. The van der Waals surface area contributed by atoms with Gasteiger partial charge in [0.1, 0.15) is 6.54 Å². The third-order valence-corrected chi connectivity index (χ3v) is 3.57. The fraction of sp³-hybridized carbons (Fsp3) is 0.769. The molecule has 0 bridgehead atoms. The van der Waals surface area contributed by atoms with Gasteiger partial charge < -0.3 is 10.2 Å². The Bertz CT molecular complexity index is 384. The van der Waals surface area contributed by atoms with Crippen molar-refractivity contribution >= 4 is 5.91 Å². The van der Waals surface area contributed by atoms with Crippen LogP contribution in [-0.2, 0) is 11.3 Å². The lowest BCUT2D eigenvalue weighted by Gasteiger charge is -2.32. The van der Waals surface area contributed by atoms with Crippen molar-refractivity contribution in [2.24, 2.45) is 5.92 Å². The average Bonchev–Trinajstić information content (AvgIpc) is 2.89. The maximum atomic E-state index is 12.3. The van der Waals surface area contributed by atoms with Crippen molar-refractivity contribution in [3.05, 3.63) is 12.4 Å². The third-order valence-electron chi connectivity index (χ3n) is 3.57. The molecule has 1 aromatic rings. The van der Waals surface area contributed by atoms with Gasteiger partial charge in [0.2, 0.25) is 5.91 Å². The quantitative estimate of drug-likeness (QED) is 0.843. The fourth-order valence-corrected chi connectivity index (χ4v) is 2.51. The van der Waals surface area contributed by atoms with Gasteiger partial charge in [0.25, 0.3) is 0 Å².